The van der Waals surface area contributed by atoms with E-state index in [0.717, 1.165) is 163 Å². The molecule has 3 aliphatic heterocycles. The van der Waals surface area contributed by atoms with Crippen molar-refractivity contribution in [3.05, 3.63) is 0 Å². The maximum absolute atomic E-state index is 11.4. The number of unbranched alkanes of at least 4 members (excludes halogenated alkanes) is 2. The summed E-state index contributed by atoms with van der Waals surface area (Å²) < 4.78 is 14.8. The van der Waals surface area contributed by atoms with E-state index in [2.05, 4.69) is 234 Å². The number of carbonyl (C=O) groups excluding carboxylic acids is 11. The first-order chi connectivity index (χ1) is 68.0. The molecular formula is C104H234N28O14. The number of hydrogen-bond acceptors (Lipinski definition) is 22. The number of likely N-dealkylation sites (N-methyl/N-ethyl adjacent to an activating group) is 3. The fourth-order valence-electron chi connectivity index (χ4n) is 10.6. The number of ether oxygens (including phenoxy) is 3. The second-order valence-corrected chi connectivity index (χ2v) is 41.3. The van der Waals surface area contributed by atoms with Crippen molar-refractivity contribution >= 4 is 66.1 Å². The Morgan fingerprint density at radius 1 is 0.336 bits per heavy atom. The third-order valence-corrected chi connectivity index (χ3v) is 18.2. The van der Waals surface area contributed by atoms with Gasteiger partial charge in [0.05, 0.1) is 25.9 Å². The molecule has 0 spiro atoms. The van der Waals surface area contributed by atoms with E-state index < -0.39 is 0 Å². The predicted molar refractivity (Wildman–Crippen MR) is 610 cm³/mol. The molecule has 0 saturated carbocycles. The Morgan fingerprint density at radius 3 is 0.897 bits per heavy atom. The molecule has 0 bridgehead atoms. The summed E-state index contributed by atoms with van der Waals surface area (Å²) in [5, 5.41) is 62.3. The van der Waals surface area contributed by atoms with Gasteiger partial charge >= 0.3 is 54.3 Å². The summed E-state index contributed by atoms with van der Waals surface area (Å²) in [5.74, 6) is 0.0710. The van der Waals surface area contributed by atoms with Crippen LogP contribution in [0.3, 0.4) is 0 Å². The van der Waals surface area contributed by atoms with Crippen LogP contribution >= 0.6 is 0 Å². The molecule has 0 unspecified atom stereocenters. The highest BCUT2D eigenvalue weighted by Gasteiger charge is 2.23. The quantitative estimate of drug-likeness (QED) is 0.0252. The van der Waals surface area contributed by atoms with Crippen LogP contribution in [0.1, 0.15) is 300 Å². The van der Waals surface area contributed by atoms with Gasteiger partial charge in [-0.2, -0.15) is 0 Å². The molecular weight excluding hydrogens is 1870 g/mol. The van der Waals surface area contributed by atoms with E-state index in [4.69, 9.17) is 14.2 Å². The van der Waals surface area contributed by atoms with Crippen molar-refractivity contribution in [2.75, 3.05) is 226 Å². The molecule has 0 radical (unpaired) electrons. The number of nitrogens with zero attached hydrogens (tertiary/aromatic N) is 6. The smallest absolute Gasteiger partial charge is 0.315 e. The van der Waals surface area contributed by atoms with Gasteiger partial charge in [-0.1, -0.05) is 103 Å². The van der Waals surface area contributed by atoms with E-state index in [0.29, 0.717) is 63.6 Å². The van der Waals surface area contributed by atoms with E-state index in [9.17, 15) is 52.7 Å². The number of piperidine rings is 1. The van der Waals surface area contributed by atoms with Gasteiger partial charge in [0.25, 0.3) is 0 Å². The average molecular weight is 2100 g/mol. The Kier molecular flexibility index (Phi) is 119. The summed E-state index contributed by atoms with van der Waals surface area (Å²) in [6, 6.07) is 2.91. The summed E-state index contributed by atoms with van der Waals surface area (Å²) in [7, 11) is 13.6. The molecule has 874 valence electrons. The van der Waals surface area contributed by atoms with Gasteiger partial charge in [0.1, 0.15) is 0 Å². The first kappa shape index (κ1) is 158. The van der Waals surface area contributed by atoms with Crippen molar-refractivity contribution in [2.24, 2.45) is 5.41 Å². The van der Waals surface area contributed by atoms with Crippen LogP contribution in [0.25, 0.3) is 0 Å². The highest BCUT2D eigenvalue weighted by atomic mass is 16.5. The third kappa shape index (κ3) is 154. The summed E-state index contributed by atoms with van der Waals surface area (Å²) in [4.78, 5) is 134. The van der Waals surface area contributed by atoms with Gasteiger partial charge in [-0.3, -0.25) is 19.4 Å². The second-order valence-electron chi connectivity index (χ2n) is 41.3. The highest BCUT2D eigenvalue weighted by molar-refractivity contribution is 5.78. The Morgan fingerprint density at radius 2 is 0.616 bits per heavy atom. The van der Waals surface area contributed by atoms with Gasteiger partial charge in [0.2, 0.25) is 11.8 Å². The van der Waals surface area contributed by atoms with E-state index >= 15 is 0 Å². The molecule has 3 saturated heterocycles. The standard InChI is InChI=1S/C11H21N3O2.C10H23N3.C9H19N3O2.2C9H20N2O.C8H19N3O.2C8H18N2O.C7H16N2O2.2C7H16N2O.C7H18N2.C4H10O/c1-8(2)12-11(16)13-10-4-6-14(7-5-10)9(3)15;1-10(2)11-4-5-13-8-6-12(3)7-9-13;1-7(2)12-9(14)11-6-4-5-10-8(3)13;1-9(2)10-3-4-11-5-7-12-8-6-11;1-7(2)11-8(12)10-6-9(3,4)5;1-7(2)10-8(12)9-5-6-11(3)4;2*1-4-5-6-9-8(11)10-7(2)3;1-6(2)9-7(10)8-4-5-11-3;2*1-4-5-8-7(10)9-6(2)3;1-7(2)8-5-6-9(3)4;1-4(2)5-3/h8,10H,4-7H2,1-3H3,(H2,12,13,16);10-11H,4-9H2,1-3H3;7H,4-6H2,1-3H3,(H,10,13)(H2,11,12,14);9-10H,3-8H2,1-2H3;7H,6H2,1-5H3,(H2,10,11,12);7H,5-6H2,1-4H3,(H2,9,10,12);2*7H,4-6H2,1-3H3,(H2,9,10,11);6H,4-5H2,1-3H3,(H2,8,9,10);2*6H,4-5H2,1-3H3,(H2,8,9,10);7-8H,5-6H2,1-4H3;4H,1-3H3. The molecule has 3 aliphatic rings. The van der Waals surface area contributed by atoms with E-state index in [1.807, 2.05) is 176 Å². The van der Waals surface area contributed by atoms with Gasteiger partial charge < -0.3 is 151 Å². The summed E-state index contributed by atoms with van der Waals surface area (Å²) in [6.45, 7) is 94.1. The van der Waals surface area contributed by atoms with Crippen LogP contribution in [0.4, 0.5) is 43.2 Å². The Balaban J connectivity index is -0.000000172. The zero-order valence-corrected chi connectivity index (χ0v) is 101. The number of carbonyl (C=O) groups is 11. The molecule has 0 atom stereocenters. The van der Waals surface area contributed by atoms with Gasteiger partial charge in [-0.05, 0) is 224 Å². The lowest BCUT2D eigenvalue weighted by atomic mass is 9.97. The molecule has 3 rings (SSSR count). The first-order valence-electron chi connectivity index (χ1n) is 54.2. The Labute approximate surface area is 891 Å². The van der Waals surface area contributed by atoms with Gasteiger partial charge in [0, 0.05) is 264 Å². The lowest BCUT2D eigenvalue weighted by Crippen LogP contribution is -2.49. The predicted octanol–water partition coefficient (Wildman–Crippen LogP) is 10.6. The fraction of sp³-hybridized carbons (Fsp3) is 0.894. The number of piperazine rings is 1. The number of morpholine rings is 1. The van der Waals surface area contributed by atoms with Crippen LogP contribution in [0, 0.1) is 5.41 Å². The third-order valence-electron chi connectivity index (χ3n) is 18.2. The highest BCUT2D eigenvalue weighted by Crippen LogP contribution is 2.11. The largest absolute Gasteiger partial charge is 0.383 e. The molecule has 42 heteroatoms. The van der Waals surface area contributed by atoms with Crippen molar-refractivity contribution in [1.29, 1.82) is 0 Å². The molecule has 20 amide bonds. The molecule has 146 heavy (non-hydrogen) atoms. The molecule has 0 aromatic rings. The zero-order valence-electron chi connectivity index (χ0n) is 101. The first-order valence-corrected chi connectivity index (χ1v) is 54.2. The summed E-state index contributed by atoms with van der Waals surface area (Å²) >= 11 is 0. The SMILES string of the molecule is CC(=O)N1CCC(NC(=O)NC(C)C)CC1.CC(=O)NCCCNC(=O)NC(C)C.CC(C)NC(=O)NCC(C)(C)C.CC(C)NC(=O)NCCN(C)C.CC(C)NCCN(C)C.CC(C)NCCN1CCN(C)CC1.CC(C)NCCN1CCOCC1.CCCCNC(=O)NC(C)C.CCCCNC(=O)NC(C)C.CCCNC(=O)NC(C)C.CCCNC(=O)NC(C)C.COC(C)C.COCCNC(=O)NC(C)C. The van der Waals surface area contributed by atoms with Gasteiger partial charge in [-0.15, -0.1) is 0 Å². The second kappa shape index (κ2) is 110. The van der Waals surface area contributed by atoms with E-state index in [1.165, 1.54) is 39.6 Å². The molecule has 3 heterocycles. The summed E-state index contributed by atoms with van der Waals surface area (Å²) in [5.41, 5.74) is 0.147. The minimum atomic E-state index is -0.164. The van der Waals surface area contributed by atoms with Crippen LogP contribution < -0.4 is 117 Å². The van der Waals surface area contributed by atoms with Crippen molar-refractivity contribution in [2.45, 2.75) is 385 Å². The normalized spacial score (nSPS) is 12.8. The van der Waals surface area contributed by atoms with Crippen LogP contribution in [0.15, 0.2) is 0 Å². The Hall–Kier alpha value is -8.07. The number of amides is 20. The Bertz CT molecular complexity index is 2890. The monoisotopic (exact) mass is 2100 g/mol. The number of hydrogen-bond donors (Lipinski definition) is 22. The molecule has 22 N–H and O–H groups in total. The molecule has 0 aromatic carbocycles. The van der Waals surface area contributed by atoms with Gasteiger partial charge in [0.15, 0.2) is 0 Å². The molecule has 0 aromatic heterocycles. The topological polar surface area (TPSA) is 500 Å². The maximum Gasteiger partial charge on any atom is 0.315 e. The number of rotatable bonds is 44. The van der Waals surface area contributed by atoms with Crippen LogP contribution in [-0.2, 0) is 23.8 Å². The van der Waals surface area contributed by atoms with Crippen LogP contribution in [-0.4, -0.2) is 406 Å². The molecule has 42 nitrogen and oxygen atoms in total. The van der Waals surface area contributed by atoms with Crippen molar-refractivity contribution in [3.8, 4) is 0 Å². The van der Waals surface area contributed by atoms with E-state index in [-0.39, 0.29) is 132 Å². The van der Waals surface area contributed by atoms with Crippen molar-refractivity contribution in [3.63, 3.8) is 0 Å². The minimum absolute atomic E-state index is 0.0448. The lowest BCUT2D eigenvalue weighted by Gasteiger charge is -2.32. The summed E-state index contributed by atoms with van der Waals surface area (Å²) in [6.07, 6.45) is 9.08. The van der Waals surface area contributed by atoms with Crippen LogP contribution in [0.5, 0.6) is 0 Å². The number of methoxy groups -OCH3 is 2. The molecule has 0 aliphatic carbocycles. The van der Waals surface area contributed by atoms with Gasteiger partial charge in [-0.25, -0.2) is 43.2 Å². The number of urea groups is 9. The zero-order chi connectivity index (χ0) is 115. The molecule has 3 fully saturated rings. The maximum atomic E-state index is 11.4. The van der Waals surface area contributed by atoms with Crippen LogP contribution in [0.2, 0.25) is 0 Å². The van der Waals surface area contributed by atoms with Crippen molar-refractivity contribution in [1.82, 2.24) is 146 Å². The van der Waals surface area contributed by atoms with Crippen molar-refractivity contribution < 1.29 is 67.0 Å². The fourth-order valence-corrected chi connectivity index (χ4v) is 10.6. The van der Waals surface area contributed by atoms with E-state index in [1.54, 1.807) is 21.1 Å². The minimum Gasteiger partial charge on any atom is -0.383 e. The number of likely N-dealkylation sites (tertiary alicyclic amines) is 1. The number of nitrogens with one attached hydrogen (secondary N) is 22. The lowest BCUT2D eigenvalue weighted by molar-refractivity contribution is -0.129. The average Bonchev–Trinajstić information content (AvgIpc) is 0.880.